The summed E-state index contributed by atoms with van der Waals surface area (Å²) in [5.41, 5.74) is 0.826. The van der Waals surface area contributed by atoms with Crippen LogP contribution in [0.25, 0.3) is 0 Å². The van der Waals surface area contributed by atoms with Gasteiger partial charge in [0.05, 0.1) is 0 Å². The highest BCUT2D eigenvalue weighted by Gasteiger charge is 2.06. The summed E-state index contributed by atoms with van der Waals surface area (Å²) in [7, 11) is 0. The molecule has 7 heteroatoms. The molecule has 0 radical (unpaired) electrons. The summed E-state index contributed by atoms with van der Waals surface area (Å²) in [5.74, 6) is -0.0447. The largest absolute Gasteiger partial charge is 0.352 e. The van der Waals surface area contributed by atoms with Crippen molar-refractivity contribution in [2.45, 2.75) is 6.42 Å². The van der Waals surface area contributed by atoms with E-state index in [2.05, 4.69) is 27.2 Å². The van der Waals surface area contributed by atoms with Gasteiger partial charge in [0.1, 0.15) is 5.82 Å². The second kappa shape index (κ2) is 7.69. The fourth-order valence-corrected chi connectivity index (χ4v) is 1.83. The van der Waals surface area contributed by atoms with E-state index in [0.29, 0.717) is 30.0 Å². The number of aromatic amines is 1. The lowest BCUT2D eigenvalue weighted by Gasteiger charge is -2.06. The first-order valence-electron chi connectivity index (χ1n) is 6.94. The van der Waals surface area contributed by atoms with Crippen molar-refractivity contribution in [1.29, 1.82) is 0 Å². The number of aromatic nitrogens is 2. The molecule has 7 nitrogen and oxygen atoms in total. The molecule has 0 fully saturated rings. The number of H-pyrrole nitrogens is 1. The highest BCUT2D eigenvalue weighted by molar-refractivity contribution is 5.99. The zero-order valence-electron chi connectivity index (χ0n) is 12.3. The lowest BCUT2D eigenvalue weighted by atomic mass is 10.2. The normalized spacial score (nSPS) is 9.91. The average molecular weight is 312 g/mol. The monoisotopic (exact) mass is 312 g/mol. The topological polar surface area (TPSA) is 104 Å². The molecule has 2 aromatic rings. The number of carbonyl (C=O) groups is 2. The van der Waals surface area contributed by atoms with Gasteiger partial charge in [-0.1, -0.05) is 6.58 Å². The molecule has 2 amide bonds. The minimum Gasteiger partial charge on any atom is -0.352 e. The van der Waals surface area contributed by atoms with Gasteiger partial charge in [-0.3, -0.25) is 14.4 Å². The van der Waals surface area contributed by atoms with E-state index >= 15 is 0 Å². The molecule has 3 N–H and O–H groups in total. The molecular formula is C16H16N4O3. The van der Waals surface area contributed by atoms with Gasteiger partial charge < -0.3 is 15.6 Å². The second-order valence-electron chi connectivity index (χ2n) is 4.66. The smallest absolute Gasteiger partial charge is 0.251 e. The number of rotatable bonds is 6. The lowest BCUT2D eigenvalue weighted by molar-refractivity contribution is -0.111. The number of carbonyl (C=O) groups excluding carboxylic acids is 2. The number of anilines is 1. The standard InChI is InChI=1S/C16H16N4O3/c1-2-14(21)19-12-5-3-11(4-6-12)16(23)18-9-7-13-17-10-8-15(22)20-13/h2-6,8,10H,1,7,9H2,(H,18,23)(H,19,21)(H,17,20,22). The van der Waals surface area contributed by atoms with Crippen LogP contribution < -0.4 is 16.2 Å². The second-order valence-corrected chi connectivity index (χ2v) is 4.66. The van der Waals surface area contributed by atoms with Crippen LogP contribution in [0.2, 0.25) is 0 Å². The number of hydrogen-bond acceptors (Lipinski definition) is 4. The van der Waals surface area contributed by atoms with Crippen molar-refractivity contribution < 1.29 is 9.59 Å². The quantitative estimate of drug-likeness (QED) is 0.688. The third-order valence-electron chi connectivity index (χ3n) is 2.97. The zero-order chi connectivity index (χ0) is 16.7. The third kappa shape index (κ3) is 4.92. The predicted molar refractivity (Wildman–Crippen MR) is 86.2 cm³/mol. The minimum absolute atomic E-state index is 0.224. The maximum absolute atomic E-state index is 12.0. The molecule has 118 valence electrons. The van der Waals surface area contributed by atoms with Crippen LogP contribution in [0, 0.1) is 0 Å². The molecule has 0 saturated heterocycles. The summed E-state index contributed by atoms with van der Waals surface area (Å²) in [4.78, 5) is 40.9. The summed E-state index contributed by atoms with van der Waals surface area (Å²) in [5, 5.41) is 5.33. The fourth-order valence-electron chi connectivity index (χ4n) is 1.83. The molecule has 0 atom stereocenters. The number of nitrogens with zero attached hydrogens (tertiary/aromatic N) is 1. The maximum atomic E-state index is 12.0. The molecule has 0 aliphatic rings. The lowest BCUT2D eigenvalue weighted by Crippen LogP contribution is -2.26. The molecule has 1 heterocycles. The molecule has 1 aromatic carbocycles. The van der Waals surface area contributed by atoms with Crippen LogP contribution in [0.15, 0.2) is 54.0 Å². The van der Waals surface area contributed by atoms with E-state index in [1.165, 1.54) is 18.3 Å². The Bertz CT molecular complexity index is 765. The van der Waals surface area contributed by atoms with E-state index in [4.69, 9.17) is 0 Å². The summed E-state index contributed by atoms with van der Waals surface area (Å²) >= 11 is 0. The first-order valence-corrected chi connectivity index (χ1v) is 6.94. The highest BCUT2D eigenvalue weighted by atomic mass is 16.2. The molecule has 0 aliphatic carbocycles. The molecule has 0 aliphatic heterocycles. The van der Waals surface area contributed by atoms with E-state index in [-0.39, 0.29) is 17.4 Å². The van der Waals surface area contributed by atoms with Crippen LogP contribution in [-0.4, -0.2) is 28.3 Å². The zero-order valence-corrected chi connectivity index (χ0v) is 12.3. The Morgan fingerprint density at radius 2 is 1.96 bits per heavy atom. The number of nitrogens with one attached hydrogen (secondary N) is 3. The Kier molecular flexibility index (Phi) is 5.40. The van der Waals surface area contributed by atoms with Gasteiger partial charge in [0.25, 0.3) is 11.5 Å². The van der Waals surface area contributed by atoms with E-state index in [9.17, 15) is 14.4 Å². The van der Waals surface area contributed by atoms with Gasteiger partial charge in [0.2, 0.25) is 5.91 Å². The van der Waals surface area contributed by atoms with E-state index < -0.39 is 0 Å². The predicted octanol–water partition coefficient (Wildman–Crippen LogP) is 0.867. The van der Waals surface area contributed by atoms with Crippen molar-refractivity contribution in [2.75, 3.05) is 11.9 Å². The van der Waals surface area contributed by atoms with Crippen molar-refractivity contribution in [1.82, 2.24) is 15.3 Å². The Hall–Kier alpha value is -3.22. The number of amides is 2. The molecule has 0 bridgehead atoms. The van der Waals surface area contributed by atoms with E-state index in [0.717, 1.165) is 0 Å². The van der Waals surface area contributed by atoms with Crippen molar-refractivity contribution in [3.8, 4) is 0 Å². The molecule has 0 saturated carbocycles. The molecule has 0 unspecified atom stereocenters. The summed E-state index contributed by atoms with van der Waals surface area (Å²) in [6, 6.07) is 7.81. The highest BCUT2D eigenvalue weighted by Crippen LogP contribution is 2.09. The number of hydrogen-bond donors (Lipinski definition) is 3. The van der Waals surface area contributed by atoms with Crippen LogP contribution in [0.5, 0.6) is 0 Å². The fraction of sp³-hybridized carbons (Fsp3) is 0.125. The Morgan fingerprint density at radius 1 is 1.22 bits per heavy atom. The van der Waals surface area contributed by atoms with Crippen LogP contribution in [0.4, 0.5) is 5.69 Å². The van der Waals surface area contributed by atoms with Crippen molar-refractivity contribution in [3.63, 3.8) is 0 Å². The van der Waals surface area contributed by atoms with Crippen LogP contribution in [-0.2, 0) is 11.2 Å². The molecule has 1 aromatic heterocycles. The van der Waals surface area contributed by atoms with Gasteiger partial charge in [-0.2, -0.15) is 0 Å². The first kappa shape index (κ1) is 16.2. The van der Waals surface area contributed by atoms with Crippen LogP contribution in [0.1, 0.15) is 16.2 Å². The van der Waals surface area contributed by atoms with Gasteiger partial charge >= 0.3 is 0 Å². The Balaban J connectivity index is 1.87. The van der Waals surface area contributed by atoms with E-state index in [1.807, 2.05) is 0 Å². The van der Waals surface area contributed by atoms with Gasteiger partial charge in [-0.15, -0.1) is 0 Å². The summed E-state index contributed by atoms with van der Waals surface area (Å²) in [6.07, 6.45) is 3.02. The van der Waals surface area contributed by atoms with E-state index in [1.54, 1.807) is 24.3 Å². The average Bonchev–Trinajstić information content (AvgIpc) is 2.55. The Morgan fingerprint density at radius 3 is 2.61 bits per heavy atom. The SMILES string of the molecule is C=CC(=O)Nc1ccc(C(=O)NCCc2nccc(=O)[nH]2)cc1. The van der Waals surface area contributed by atoms with Crippen LogP contribution in [0.3, 0.4) is 0 Å². The van der Waals surface area contributed by atoms with Crippen molar-refractivity contribution >= 4 is 17.5 Å². The maximum Gasteiger partial charge on any atom is 0.251 e. The van der Waals surface area contributed by atoms with Crippen molar-refractivity contribution in [3.05, 3.63) is 70.9 Å². The first-order chi connectivity index (χ1) is 11.1. The molecule has 0 spiro atoms. The summed E-state index contributed by atoms with van der Waals surface area (Å²) in [6.45, 7) is 3.71. The van der Waals surface area contributed by atoms with Crippen molar-refractivity contribution in [2.24, 2.45) is 0 Å². The van der Waals surface area contributed by atoms with Gasteiger partial charge in [0.15, 0.2) is 0 Å². The Labute approximate surface area is 132 Å². The van der Waals surface area contributed by atoms with Gasteiger partial charge in [-0.05, 0) is 30.3 Å². The van der Waals surface area contributed by atoms with Crippen LogP contribution >= 0.6 is 0 Å². The minimum atomic E-state index is -0.313. The molecule has 23 heavy (non-hydrogen) atoms. The van der Waals surface area contributed by atoms with Gasteiger partial charge in [0, 0.05) is 36.5 Å². The molecule has 2 rings (SSSR count). The third-order valence-corrected chi connectivity index (χ3v) is 2.97. The van der Waals surface area contributed by atoms with Gasteiger partial charge in [-0.25, -0.2) is 4.98 Å². The number of benzene rings is 1. The molecular weight excluding hydrogens is 296 g/mol. The summed E-state index contributed by atoms with van der Waals surface area (Å²) < 4.78 is 0.